The lowest BCUT2D eigenvalue weighted by Crippen LogP contribution is -2.55. The standard InChI is InChI=1S/C7H7ClO4/c8-4-1-2-5(9)7(12,3-4)6(10)11/h1-3,5,9,12H,(H,10,11)/p-1/t5-,7+/m0/s1. The maximum atomic E-state index is 10.4. The van der Waals surface area contributed by atoms with Gasteiger partial charge in [0.1, 0.15) is 6.10 Å². The van der Waals surface area contributed by atoms with Crippen LogP contribution in [0.1, 0.15) is 0 Å². The van der Waals surface area contributed by atoms with Gasteiger partial charge in [-0.2, -0.15) is 0 Å². The number of carbonyl (C=O) groups is 1. The van der Waals surface area contributed by atoms with Crippen LogP contribution in [0, 0.1) is 0 Å². The van der Waals surface area contributed by atoms with Crippen LogP contribution in [0.15, 0.2) is 23.3 Å². The fraction of sp³-hybridized carbons (Fsp3) is 0.286. The van der Waals surface area contributed by atoms with Crippen LogP contribution in [0.25, 0.3) is 0 Å². The molecule has 1 aliphatic rings. The first-order valence-electron chi connectivity index (χ1n) is 3.15. The molecule has 12 heavy (non-hydrogen) atoms. The molecule has 0 saturated carbocycles. The smallest absolute Gasteiger partial charge is 0.153 e. The van der Waals surface area contributed by atoms with Crippen LogP contribution in [0.5, 0.6) is 0 Å². The Kier molecular flexibility index (Phi) is 2.23. The Bertz CT molecular complexity index is 271. The highest BCUT2D eigenvalue weighted by molar-refractivity contribution is 6.31. The average Bonchev–Trinajstić information content (AvgIpc) is 1.97. The van der Waals surface area contributed by atoms with Crippen LogP contribution in [0.2, 0.25) is 0 Å². The van der Waals surface area contributed by atoms with E-state index in [4.69, 9.17) is 16.7 Å². The lowest BCUT2D eigenvalue weighted by atomic mass is 9.92. The minimum Gasteiger partial charge on any atom is -0.547 e. The van der Waals surface area contributed by atoms with Gasteiger partial charge in [0.05, 0.1) is 5.97 Å². The van der Waals surface area contributed by atoms with E-state index in [1.165, 1.54) is 6.08 Å². The number of carboxylic acid groups (broad SMARTS) is 1. The number of aliphatic hydroxyl groups is 2. The number of carbonyl (C=O) groups excluding carboxylic acids is 1. The summed E-state index contributed by atoms with van der Waals surface area (Å²) in [5.74, 6) is -1.78. The van der Waals surface area contributed by atoms with Crippen LogP contribution in [0.4, 0.5) is 0 Å². The summed E-state index contributed by atoms with van der Waals surface area (Å²) in [4.78, 5) is 10.4. The van der Waals surface area contributed by atoms with Crippen molar-refractivity contribution >= 4 is 17.6 Å². The molecule has 5 heteroatoms. The Morgan fingerprint density at radius 3 is 2.75 bits per heavy atom. The molecule has 4 nitrogen and oxygen atoms in total. The molecule has 0 fully saturated rings. The van der Waals surface area contributed by atoms with Crippen LogP contribution in [-0.2, 0) is 4.79 Å². The molecule has 0 heterocycles. The minimum absolute atomic E-state index is 0.0481. The van der Waals surface area contributed by atoms with Crippen molar-refractivity contribution in [2.45, 2.75) is 11.7 Å². The van der Waals surface area contributed by atoms with Crippen molar-refractivity contribution in [1.82, 2.24) is 0 Å². The summed E-state index contributed by atoms with van der Waals surface area (Å²) in [5.41, 5.74) is -2.41. The van der Waals surface area contributed by atoms with E-state index < -0.39 is 17.7 Å². The predicted octanol–water partition coefficient (Wildman–Crippen LogP) is -1.48. The van der Waals surface area contributed by atoms with Gasteiger partial charge in [-0.1, -0.05) is 17.7 Å². The molecule has 0 bridgehead atoms. The zero-order valence-corrected chi connectivity index (χ0v) is 6.65. The van der Waals surface area contributed by atoms with Gasteiger partial charge in [-0.3, -0.25) is 0 Å². The maximum Gasteiger partial charge on any atom is 0.153 e. The van der Waals surface area contributed by atoms with Gasteiger partial charge >= 0.3 is 0 Å². The molecular weight excluding hydrogens is 184 g/mol. The quantitative estimate of drug-likeness (QED) is 0.527. The predicted molar refractivity (Wildman–Crippen MR) is 39.0 cm³/mol. The highest BCUT2D eigenvalue weighted by Gasteiger charge is 2.35. The van der Waals surface area contributed by atoms with Gasteiger partial charge in [-0.15, -0.1) is 0 Å². The molecule has 0 aliphatic heterocycles. The van der Waals surface area contributed by atoms with Crippen LogP contribution in [-0.4, -0.2) is 27.9 Å². The Balaban J connectivity index is 3.05. The van der Waals surface area contributed by atoms with E-state index >= 15 is 0 Å². The maximum absolute atomic E-state index is 10.4. The van der Waals surface area contributed by atoms with Crippen molar-refractivity contribution in [3.63, 3.8) is 0 Å². The van der Waals surface area contributed by atoms with E-state index in [0.29, 0.717) is 0 Å². The first-order valence-corrected chi connectivity index (χ1v) is 3.53. The van der Waals surface area contributed by atoms with Gasteiger partial charge in [-0.05, 0) is 12.2 Å². The highest BCUT2D eigenvalue weighted by atomic mass is 35.5. The summed E-state index contributed by atoms with van der Waals surface area (Å²) < 4.78 is 0. The van der Waals surface area contributed by atoms with Gasteiger partial charge in [0.25, 0.3) is 0 Å². The van der Waals surface area contributed by atoms with E-state index in [9.17, 15) is 15.0 Å². The monoisotopic (exact) mass is 189 g/mol. The highest BCUT2D eigenvalue weighted by Crippen LogP contribution is 2.23. The summed E-state index contributed by atoms with van der Waals surface area (Å²) in [7, 11) is 0. The van der Waals surface area contributed by atoms with Crippen molar-refractivity contribution in [3.05, 3.63) is 23.3 Å². The fourth-order valence-electron chi connectivity index (χ4n) is 0.853. The average molecular weight is 190 g/mol. The van der Waals surface area contributed by atoms with Crippen molar-refractivity contribution < 1.29 is 20.1 Å². The SMILES string of the molecule is O=C([O-])[C@@]1(O)C=C(Cl)C=C[C@@H]1O. The molecule has 0 spiro atoms. The molecule has 1 rings (SSSR count). The van der Waals surface area contributed by atoms with Crippen molar-refractivity contribution in [1.29, 1.82) is 0 Å². The van der Waals surface area contributed by atoms with Gasteiger partial charge in [-0.25, -0.2) is 0 Å². The number of carboxylic acids is 1. The van der Waals surface area contributed by atoms with E-state index in [-0.39, 0.29) is 5.03 Å². The number of hydrogen-bond acceptors (Lipinski definition) is 4. The molecule has 2 atom stereocenters. The first kappa shape index (κ1) is 9.25. The molecule has 66 valence electrons. The molecule has 2 N–H and O–H groups in total. The Labute approximate surface area is 73.4 Å². The molecule has 1 aliphatic carbocycles. The zero-order valence-electron chi connectivity index (χ0n) is 5.90. The normalized spacial score (nSPS) is 34.6. The van der Waals surface area contributed by atoms with Crippen LogP contribution in [0.3, 0.4) is 0 Å². The molecule has 0 aromatic heterocycles. The largest absolute Gasteiger partial charge is 0.547 e. The van der Waals surface area contributed by atoms with E-state index in [1.54, 1.807) is 0 Å². The second-order valence-electron chi connectivity index (χ2n) is 2.45. The van der Waals surface area contributed by atoms with Gasteiger partial charge < -0.3 is 20.1 Å². The molecule has 0 amide bonds. The molecular formula is C7H6ClO4-. The van der Waals surface area contributed by atoms with E-state index in [1.807, 2.05) is 0 Å². The summed E-state index contributed by atoms with van der Waals surface area (Å²) in [6, 6.07) is 0. The van der Waals surface area contributed by atoms with Crippen LogP contribution >= 0.6 is 11.6 Å². The zero-order chi connectivity index (χ0) is 9.35. The number of hydrogen-bond donors (Lipinski definition) is 2. The fourth-order valence-corrected chi connectivity index (χ4v) is 1.09. The summed E-state index contributed by atoms with van der Waals surface area (Å²) in [6.07, 6.45) is 1.68. The lowest BCUT2D eigenvalue weighted by molar-refractivity contribution is -0.324. The molecule has 0 saturated heterocycles. The summed E-state index contributed by atoms with van der Waals surface area (Å²) in [5, 5.41) is 28.7. The molecule has 0 unspecified atom stereocenters. The number of allylic oxidation sites excluding steroid dienone is 2. The van der Waals surface area contributed by atoms with Gasteiger partial charge in [0.2, 0.25) is 0 Å². The second kappa shape index (κ2) is 2.90. The lowest BCUT2D eigenvalue weighted by Gasteiger charge is -2.31. The third-order valence-corrected chi connectivity index (χ3v) is 1.81. The Morgan fingerprint density at radius 1 is 1.75 bits per heavy atom. The second-order valence-corrected chi connectivity index (χ2v) is 2.88. The third kappa shape index (κ3) is 1.36. The van der Waals surface area contributed by atoms with E-state index in [0.717, 1.165) is 12.2 Å². The molecule has 0 radical (unpaired) electrons. The third-order valence-electron chi connectivity index (χ3n) is 1.57. The van der Waals surface area contributed by atoms with Crippen molar-refractivity contribution in [3.8, 4) is 0 Å². The Hall–Kier alpha value is -0.840. The van der Waals surface area contributed by atoms with E-state index in [2.05, 4.69) is 0 Å². The van der Waals surface area contributed by atoms with Crippen molar-refractivity contribution in [2.75, 3.05) is 0 Å². The number of aliphatic carboxylic acids is 1. The minimum atomic E-state index is -2.41. The summed E-state index contributed by atoms with van der Waals surface area (Å²) in [6.45, 7) is 0. The number of rotatable bonds is 1. The van der Waals surface area contributed by atoms with Crippen LogP contribution < -0.4 is 5.11 Å². The first-order chi connectivity index (χ1) is 5.47. The van der Waals surface area contributed by atoms with Gasteiger partial charge in [0.15, 0.2) is 5.60 Å². The molecule has 0 aromatic rings. The molecule has 0 aromatic carbocycles. The van der Waals surface area contributed by atoms with Crippen molar-refractivity contribution in [2.24, 2.45) is 0 Å². The number of aliphatic hydroxyl groups excluding tert-OH is 1. The summed E-state index contributed by atoms with van der Waals surface area (Å²) >= 11 is 5.42. The topological polar surface area (TPSA) is 80.6 Å². The number of halogens is 1. The Morgan fingerprint density at radius 2 is 2.33 bits per heavy atom. The van der Waals surface area contributed by atoms with Gasteiger partial charge in [0, 0.05) is 5.03 Å².